The van der Waals surface area contributed by atoms with Crippen molar-refractivity contribution in [3.63, 3.8) is 0 Å². The number of terminal acetylenes is 3. The Morgan fingerprint density at radius 1 is 1.12 bits per heavy atom. The monoisotopic (exact) mass is 340 g/mol. The molecule has 0 amide bonds. The average molecular weight is 340 g/mol. The van der Waals surface area contributed by atoms with Crippen LogP contribution in [0.5, 0.6) is 11.5 Å². The molecule has 0 saturated heterocycles. The Balaban J connectivity index is 0.00000101. The van der Waals surface area contributed by atoms with E-state index in [-0.39, 0.29) is 13.2 Å². The molecular weight excluding hydrogens is 316 g/mol. The lowest BCUT2D eigenvalue weighted by molar-refractivity contribution is 0.112. The molecule has 5 nitrogen and oxygen atoms in total. The van der Waals surface area contributed by atoms with Crippen LogP contribution in [-0.2, 0) is 6.42 Å². The molecule has 0 aromatic heterocycles. The van der Waals surface area contributed by atoms with Crippen molar-refractivity contribution in [3.8, 4) is 48.5 Å². The minimum Gasteiger partial charge on any atom is -0.481 e. The van der Waals surface area contributed by atoms with Crippen LogP contribution in [0.25, 0.3) is 0 Å². The van der Waals surface area contributed by atoms with Gasteiger partial charge in [0.05, 0.1) is 6.54 Å². The first kappa shape index (κ1) is 22.1. The van der Waals surface area contributed by atoms with Gasteiger partial charge in [-0.15, -0.1) is 19.3 Å². The molecule has 0 heterocycles. The molecule has 0 aliphatic heterocycles. The molecule has 132 valence electrons. The van der Waals surface area contributed by atoms with Crippen molar-refractivity contribution >= 4 is 6.29 Å². The highest BCUT2D eigenvalue weighted by Crippen LogP contribution is 2.31. The molecule has 1 aromatic carbocycles. The molecule has 1 aromatic rings. The molecule has 25 heavy (non-hydrogen) atoms. The summed E-state index contributed by atoms with van der Waals surface area (Å²) in [5.41, 5.74) is 6.80. The van der Waals surface area contributed by atoms with Crippen LogP contribution in [-0.4, -0.2) is 39.6 Å². The van der Waals surface area contributed by atoms with E-state index in [1.54, 1.807) is 12.1 Å². The van der Waals surface area contributed by atoms with Crippen LogP contribution in [0.3, 0.4) is 0 Å². The molecule has 0 radical (unpaired) electrons. The number of nitrogens with one attached hydrogen (secondary N) is 1. The second-order valence-corrected chi connectivity index (χ2v) is 4.73. The Kier molecular flexibility index (Phi) is 13.0. The molecule has 1 rings (SSSR count). The van der Waals surface area contributed by atoms with Crippen LogP contribution in [0.4, 0.5) is 0 Å². The normalized spacial score (nSPS) is 8.76. The first-order valence-corrected chi connectivity index (χ1v) is 7.71. The van der Waals surface area contributed by atoms with E-state index in [9.17, 15) is 4.79 Å². The van der Waals surface area contributed by atoms with Crippen LogP contribution in [0, 0.1) is 37.0 Å². The lowest BCUT2D eigenvalue weighted by Crippen LogP contribution is -2.07. The summed E-state index contributed by atoms with van der Waals surface area (Å²) in [6, 6.07) is 3.28. The first-order valence-electron chi connectivity index (χ1n) is 7.71. The summed E-state index contributed by atoms with van der Waals surface area (Å²) in [6.07, 6.45) is 17.4. The zero-order chi connectivity index (χ0) is 18.9. The molecule has 5 heteroatoms. The number of aldehydes is 1. The van der Waals surface area contributed by atoms with Crippen molar-refractivity contribution in [2.24, 2.45) is 5.73 Å². The number of hydrogen-bond acceptors (Lipinski definition) is 5. The van der Waals surface area contributed by atoms with Gasteiger partial charge in [0.25, 0.3) is 0 Å². The van der Waals surface area contributed by atoms with Gasteiger partial charge in [-0.05, 0) is 38.6 Å². The predicted octanol–water partition coefficient (Wildman–Crippen LogP) is 1.25. The second kappa shape index (κ2) is 14.7. The maximum atomic E-state index is 11.0. The van der Waals surface area contributed by atoms with Crippen molar-refractivity contribution in [1.29, 1.82) is 0 Å². The average Bonchev–Trinajstić information content (AvgIpc) is 2.64. The highest BCUT2D eigenvalue weighted by Gasteiger charge is 2.13. The van der Waals surface area contributed by atoms with Gasteiger partial charge in [0.2, 0.25) is 0 Å². The van der Waals surface area contributed by atoms with Gasteiger partial charge < -0.3 is 20.5 Å². The van der Waals surface area contributed by atoms with Crippen molar-refractivity contribution < 1.29 is 14.3 Å². The highest BCUT2D eigenvalue weighted by molar-refractivity contribution is 5.77. The molecule has 0 atom stereocenters. The van der Waals surface area contributed by atoms with E-state index in [2.05, 4.69) is 23.1 Å². The minimum atomic E-state index is 0.118. The minimum absolute atomic E-state index is 0.118. The fourth-order valence-corrected chi connectivity index (χ4v) is 1.83. The Labute approximate surface area is 150 Å². The predicted molar refractivity (Wildman–Crippen MR) is 101 cm³/mol. The van der Waals surface area contributed by atoms with Crippen LogP contribution in [0.15, 0.2) is 12.1 Å². The molecule has 0 unspecified atom stereocenters. The third-order valence-electron chi connectivity index (χ3n) is 2.86. The van der Waals surface area contributed by atoms with Gasteiger partial charge in [0.15, 0.2) is 0 Å². The zero-order valence-corrected chi connectivity index (χ0v) is 14.5. The maximum absolute atomic E-state index is 11.0. The van der Waals surface area contributed by atoms with Gasteiger partial charge in [-0.25, -0.2) is 0 Å². The van der Waals surface area contributed by atoms with E-state index < -0.39 is 0 Å². The van der Waals surface area contributed by atoms with Crippen molar-refractivity contribution in [1.82, 2.24) is 5.32 Å². The van der Waals surface area contributed by atoms with Crippen molar-refractivity contribution in [3.05, 3.63) is 23.3 Å². The fraction of sp³-hybridized carbons (Fsp3) is 0.350. The molecular formula is C20H24N2O3. The van der Waals surface area contributed by atoms with E-state index in [0.717, 1.165) is 18.3 Å². The first-order chi connectivity index (χ1) is 12.2. The molecule has 0 fully saturated rings. The van der Waals surface area contributed by atoms with Crippen LogP contribution in [0.2, 0.25) is 0 Å². The summed E-state index contributed by atoms with van der Waals surface area (Å²) in [4.78, 5) is 11.0. The second-order valence-electron chi connectivity index (χ2n) is 4.73. The van der Waals surface area contributed by atoms with Gasteiger partial charge in [-0.2, -0.15) is 0 Å². The fourth-order valence-electron chi connectivity index (χ4n) is 1.83. The number of nitrogens with two attached hydrogens (primary N) is 1. The number of benzene rings is 1. The van der Waals surface area contributed by atoms with E-state index in [4.69, 9.17) is 34.5 Å². The molecule has 3 N–H and O–H groups in total. The van der Waals surface area contributed by atoms with Gasteiger partial charge in [0.1, 0.15) is 31.0 Å². The van der Waals surface area contributed by atoms with Gasteiger partial charge in [-0.3, -0.25) is 4.79 Å². The summed E-state index contributed by atoms with van der Waals surface area (Å²) in [5.74, 6) is 8.26. The van der Waals surface area contributed by atoms with Crippen molar-refractivity contribution in [2.75, 3.05) is 33.4 Å². The SMILES string of the molecule is C#CCNC.C#CCOc1cc(C=O)cc(OCC#C)c1CCCN. The van der Waals surface area contributed by atoms with Gasteiger partial charge in [0, 0.05) is 11.1 Å². The highest BCUT2D eigenvalue weighted by atomic mass is 16.5. The van der Waals surface area contributed by atoms with E-state index in [1.165, 1.54) is 0 Å². The third-order valence-corrected chi connectivity index (χ3v) is 2.86. The summed E-state index contributed by atoms with van der Waals surface area (Å²) in [6.45, 7) is 1.44. The van der Waals surface area contributed by atoms with Gasteiger partial charge in [-0.1, -0.05) is 17.8 Å². The lowest BCUT2D eigenvalue weighted by atomic mass is 10.0. The third kappa shape index (κ3) is 9.08. The van der Waals surface area contributed by atoms with Crippen LogP contribution in [0.1, 0.15) is 22.3 Å². The smallest absolute Gasteiger partial charge is 0.150 e. The Hall–Kier alpha value is -2.91. The number of hydrogen-bond donors (Lipinski definition) is 2. The molecule has 0 aliphatic carbocycles. The lowest BCUT2D eigenvalue weighted by Gasteiger charge is -2.15. The quantitative estimate of drug-likeness (QED) is 0.523. The Bertz CT molecular complexity index is 609. The number of carbonyl (C=O) groups is 1. The van der Waals surface area contributed by atoms with E-state index >= 15 is 0 Å². The molecule has 0 saturated carbocycles. The topological polar surface area (TPSA) is 73.6 Å². The standard InChI is InChI=1S/C16H17NO3.C4H7N/c1-3-8-19-15-10-13(12-18)11-16(20-9-4-2)14(15)6-5-7-17;1-3-4-5-2/h1-2,10-12H,5-9,17H2;1,5H,4H2,2H3. The van der Waals surface area contributed by atoms with Crippen LogP contribution < -0.4 is 20.5 Å². The van der Waals surface area contributed by atoms with Crippen molar-refractivity contribution in [2.45, 2.75) is 12.8 Å². The van der Waals surface area contributed by atoms with Crippen LogP contribution >= 0.6 is 0 Å². The molecule has 0 aliphatic rings. The summed E-state index contributed by atoms with van der Waals surface area (Å²) in [7, 11) is 1.82. The van der Waals surface area contributed by atoms with E-state index in [0.29, 0.717) is 36.6 Å². The zero-order valence-electron chi connectivity index (χ0n) is 14.5. The summed E-state index contributed by atoms with van der Waals surface area (Å²) in [5, 5.41) is 2.78. The Morgan fingerprint density at radius 2 is 1.68 bits per heavy atom. The van der Waals surface area contributed by atoms with Gasteiger partial charge >= 0.3 is 0 Å². The number of carbonyl (C=O) groups excluding carboxylic acids is 1. The molecule has 0 spiro atoms. The summed E-state index contributed by atoms with van der Waals surface area (Å²) >= 11 is 0. The summed E-state index contributed by atoms with van der Waals surface area (Å²) < 4.78 is 11.0. The van der Waals surface area contributed by atoms with E-state index in [1.807, 2.05) is 7.05 Å². The largest absolute Gasteiger partial charge is 0.481 e. The Morgan fingerprint density at radius 3 is 2.00 bits per heavy atom. The number of rotatable bonds is 9. The molecule has 0 bridgehead atoms. The number of ether oxygens (including phenoxy) is 2. The maximum Gasteiger partial charge on any atom is 0.150 e.